The van der Waals surface area contributed by atoms with Gasteiger partial charge in [0.2, 0.25) is 10.0 Å². The fourth-order valence-electron chi connectivity index (χ4n) is 1.79. The molecule has 1 atom stereocenters. The molecule has 1 rings (SSSR count). The van der Waals surface area contributed by atoms with Crippen molar-refractivity contribution >= 4 is 26.0 Å². The summed E-state index contributed by atoms with van der Waals surface area (Å²) in [5, 5.41) is 9.06. The fourth-order valence-corrected chi connectivity index (χ4v) is 2.78. The second-order valence-corrected chi connectivity index (χ2v) is 7.14. The number of nitrogens with one attached hydrogen (secondary N) is 1. The van der Waals surface area contributed by atoms with Crippen LogP contribution in [0.5, 0.6) is 0 Å². The Hall–Kier alpha value is -0.430. The van der Waals surface area contributed by atoms with E-state index < -0.39 is 10.0 Å². The maximum atomic E-state index is 11.3. The number of sulfonamides is 1. The zero-order valence-electron chi connectivity index (χ0n) is 10.0. The quantitative estimate of drug-likeness (QED) is 0.712. The number of hydrogen-bond acceptors (Lipinski definition) is 3. The molecule has 6 heteroatoms. The van der Waals surface area contributed by atoms with Gasteiger partial charge in [-0.1, -0.05) is 46.3 Å². The maximum absolute atomic E-state index is 11.3. The van der Waals surface area contributed by atoms with E-state index in [1.165, 1.54) is 0 Å². The normalized spacial score (nSPS) is 13.4. The van der Waals surface area contributed by atoms with Gasteiger partial charge in [0, 0.05) is 13.2 Å². The SMILES string of the molecule is O=S(=O)(CBr)NCCC(CCO)c1ccccc1. The summed E-state index contributed by atoms with van der Waals surface area (Å²) >= 11 is 2.92. The molecule has 0 spiro atoms. The summed E-state index contributed by atoms with van der Waals surface area (Å²) in [5.41, 5.74) is 1.13. The van der Waals surface area contributed by atoms with Gasteiger partial charge in [-0.2, -0.15) is 0 Å². The molecule has 1 aromatic carbocycles. The van der Waals surface area contributed by atoms with Crippen molar-refractivity contribution in [3.05, 3.63) is 35.9 Å². The van der Waals surface area contributed by atoms with Crippen LogP contribution in [0.25, 0.3) is 0 Å². The zero-order chi connectivity index (χ0) is 13.4. The largest absolute Gasteiger partial charge is 0.396 e. The topological polar surface area (TPSA) is 66.4 Å². The zero-order valence-corrected chi connectivity index (χ0v) is 12.5. The fraction of sp³-hybridized carbons (Fsp3) is 0.500. The Kier molecular flexibility index (Phi) is 6.85. The van der Waals surface area contributed by atoms with Crippen LogP contribution in [0.2, 0.25) is 0 Å². The highest BCUT2D eigenvalue weighted by molar-refractivity contribution is 9.10. The molecule has 0 bridgehead atoms. The summed E-state index contributed by atoms with van der Waals surface area (Å²) in [7, 11) is -3.21. The Balaban J connectivity index is 2.54. The lowest BCUT2D eigenvalue weighted by atomic mass is 9.93. The number of rotatable bonds is 8. The van der Waals surface area contributed by atoms with Crippen molar-refractivity contribution in [2.24, 2.45) is 0 Å². The van der Waals surface area contributed by atoms with Crippen LogP contribution in [0.3, 0.4) is 0 Å². The molecule has 18 heavy (non-hydrogen) atoms. The Morgan fingerprint density at radius 3 is 2.44 bits per heavy atom. The molecule has 2 N–H and O–H groups in total. The van der Waals surface area contributed by atoms with Crippen molar-refractivity contribution in [3.63, 3.8) is 0 Å². The molecule has 1 unspecified atom stereocenters. The number of halogens is 1. The average molecular weight is 336 g/mol. The minimum atomic E-state index is -3.21. The summed E-state index contributed by atoms with van der Waals surface area (Å²) < 4.78 is 25.0. The van der Waals surface area contributed by atoms with Crippen LogP contribution >= 0.6 is 15.9 Å². The summed E-state index contributed by atoms with van der Waals surface area (Å²) in [6.45, 7) is 0.484. The smallest absolute Gasteiger partial charge is 0.221 e. The monoisotopic (exact) mass is 335 g/mol. The summed E-state index contributed by atoms with van der Waals surface area (Å²) in [6.07, 6.45) is 1.32. The maximum Gasteiger partial charge on any atom is 0.221 e. The number of alkyl halides is 1. The average Bonchev–Trinajstić information content (AvgIpc) is 2.39. The highest BCUT2D eigenvalue weighted by Crippen LogP contribution is 2.22. The standard InChI is InChI=1S/C12H18BrNO3S/c13-10-18(16,17)14-8-6-12(7-9-15)11-4-2-1-3-5-11/h1-5,12,14-15H,6-10H2. The van der Waals surface area contributed by atoms with Crippen molar-refractivity contribution in [2.45, 2.75) is 18.8 Å². The summed E-state index contributed by atoms with van der Waals surface area (Å²) in [5.74, 6) is 0.175. The summed E-state index contributed by atoms with van der Waals surface area (Å²) in [4.78, 5) is 0. The predicted molar refractivity (Wildman–Crippen MR) is 76.2 cm³/mol. The number of aliphatic hydroxyl groups is 1. The number of aliphatic hydroxyl groups excluding tert-OH is 1. The molecule has 0 aliphatic rings. The third-order valence-corrected chi connectivity index (χ3v) is 5.45. The van der Waals surface area contributed by atoms with Gasteiger partial charge >= 0.3 is 0 Å². The van der Waals surface area contributed by atoms with Gasteiger partial charge in [-0.15, -0.1) is 0 Å². The Bertz CT molecular complexity index is 436. The Labute approximate surface area is 117 Å². The van der Waals surface area contributed by atoms with Gasteiger partial charge in [-0.05, 0) is 24.3 Å². The van der Waals surface area contributed by atoms with E-state index in [2.05, 4.69) is 20.7 Å². The van der Waals surface area contributed by atoms with Gasteiger partial charge < -0.3 is 5.11 Å². The van der Waals surface area contributed by atoms with Crippen LogP contribution in [0.1, 0.15) is 24.3 Å². The third kappa shape index (κ3) is 5.48. The van der Waals surface area contributed by atoms with Gasteiger partial charge in [0.1, 0.15) is 4.66 Å². The summed E-state index contributed by atoms with van der Waals surface area (Å²) in [6, 6.07) is 9.83. The van der Waals surface area contributed by atoms with Crippen LogP contribution in [0.15, 0.2) is 30.3 Å². The van der Waals surface area contributed by atoms with E-state index >= 15 is 0 Å². The molecule has 0 saturated heterocycles. The number of benzene rings is 1. The molecule has 0 saturated carbocycles. The Morgan fingerprint density at radius 1 is 1.22 bits per heavy atom. The lowest BCUT2D eigenvalue weighted by molar-refractivity contribution is 0.273. The molecule has 102 valence electrons. The van der Waals surface area contributed by atoms with Gasteiger partial charge in [0.15, 0.2) is 0 Å². The van der Waals surface area contributed by atoms with Crippen LogP contribution in [0.4, 0.5) is 0 Å². The van der Waals surface area contributed by atoms with Crippen molar-refractivity contribution in [1.82, 2.24) is 4.72 Å². The third-order valence-electron chi connectivity index (χ3n) is 2.71. The van der Waals surface area contributed by atoms with Gasteiger partial charge in [-0.25, -0.2) is 13.1 Å². The van der Waals surface area contributed by atoms with Crippen LogP contribution < -0.4 is 4.72 Å². The van der Waals surface area contributed by atoms with E-state index in [4.69, 9.17) is 5.11 Å². The van der Waals surface area contributed by atoms with Crippen LogP contribution in [0, 0.1) is 0 Å². The molecule has 4 nitrogen and oxygen atoms in total. The highest BCUT2D eigenvalue weighted by Gasteiger charge is 2.13. The highest BCUT2D eigenvalue weighted by atomic mass is 79.9. The molecule has 0 aliphatic heterocycles. The van der Waals surface area contributed by atoms with E-state index in [0.717, 1.165) is 5.56 Å². The molecular weight excluding hydrogens is 318 g/mol. The van der Waals surface area contributed by atoms with Crippen LogP contribution in [-0.4, -0.2) is 31.3 Å². The van der Waals surface area contributed by atoms with Crippen molar-refractivity contribution in [3.8, 4) is 0 Å². The van der Waals surface area contributed by atoms with Gasteiger partial charge in [-0.3, -0.25) is 0 Å². The second kappa shape index (κ2) is 7.89. The molecule has 1 aromatic rings. The predicted octanol–water partition coefficient (Wildman–Crippen LogP) is 1.81. The lowest BCUT2D eigenvalue weighted by Gasteiger charge is -2.16. The molecule has 0 radical (unpaired) electrons. The molecular formula is C12H18BrNO3S. The minimum absolute atomic E-state index is 0.0873. The van der Waals surface area contributed by atoms with E-state index in [1.807, 2.05) is 30.3 Å². The van der Waals surface area contributed by atoms with E-state index in [9.17, 15) is 8.42 Å². The van der Waals surface area contributed by atoms with Crippen molar-refractivity contribution in [1.29, 1.82) is 0 Å². The lowest BCUT2D eigenvalue weighted by Crippen LogP contribution is -2.26. The molecule has 0 heterocycles. The first kappa shape index (κ1) is 15.6. The second-order valence-electron chi connectivity index (χ2n) is 4.03. The van der Waals surface area contributed by atoms with Gasteiger partial charge in [0.25, 0.3) is 0 Å². The molecule has 0 aliphatic carbocycles. The first-order valence-corrected chi connectivity index (χ1v) is 8.55. The molecule has 0 fully saturated rings. The first-order chi connectivity index (χ1) is 8.59. The molecule has 0 amide bonds. The minimum Gasteiger partial charge on any atom is -0.396 e. The van der Waals surface area contributed by atoms with E-state index in [1.54, 1.807) is 0 Å². The van der Waals surface area contributed by atoms with E-state index in [0.29, 0.717) is 19.4 Å². The van der Waals surface area contributed by atoms with Crippen molar-refractivity contribution in [2.75, 3.05) is 17.8 Å². The van der Waals surface area contributed by atoms with Crippen LogP contribution in [-0.2, 0) is 10.0 Å². The van der Waals surface area contributed by atoms with Crippen molar-refractivity contribution < 1.29 is 13.5 Å². The Morgan fingerprint density at radius 2 is 1.89 bits per heavy atom. The van der Waals surface area contributed by atoms with E-state index in [-0.39, 0.29) is 17.2 Å². The molecule has 0 aromatic heterocycles. The first-order valence-electron chi connectivity index (χ1n) is 5.78. The van der Waals surface area contributed by atoms with Gasteiger partial charge in [0.05, 0.1) is 0 Å². The number of hydrogen-bond donors (Lipinski definition) is 2.